The summed E-state index contributed by atoms with van der Waals surface area (Å²) in [4.78, 5) is 27.3. The molecule has 0 aromatic carbocycles. The highest BCUT2D eigenvalue weighted by molar-refractivity contribution is 9.11. The van der Waals surface area contributed by atoms with Crippen LogP contribution in [0.15, 0.2) is 22.2 Å². The SMILES string of the molecule is CC(C)NCC(C(=O)N1CCN(c2ncnc3c2[C@H](C)C[C@@H]3F)CC1)c1ccc(Br)s1. The van der Waals surface area contributed by atoms with E-state index in [0.29, 0.717) is 50.9 Å². The van der Waals surface area contributed by atoms with Gasteiger partial charge in [-0.3, -0.25) is 4.79 Å². The predicted molar refractivity (Wildman–Crippen MR) is 126 cm³/mol. The molecule has 0 saturated carbocycles. The van der Waals surface area contributed by atoms with Gasteiger partial charge in [0.15, 0.2) is 0 Å². The summed E-state index contributed by atoms with van der Waals surface area (Å²) in [5.74, 6) is 0.919. The number of fused-ring (bicyclic) bond motifs is 1. The van der Waals surface area contributed by atoms with Gasteiger partial charge in [-0.05, 0) is 40.4 Å². The quantitative estimate of drug-likeness (QED) is 0.630. The highest BCUT2D eigenvalue weighted by atomic mass is 79.9. The lowest BCUT2D eigenvalue weighted by molar-refractivity contribution is -0.133. The molecule has 1 fully saturated rings. The van der Waals surface area contributed by atoms with Crippen molar-refractivity contribution in [1.82, 2.24) is 20.2 Å². The summed E-state index contributed by atoms with van der Waals surface area (Å²) in [6, 6.07) is 4.36. The van der Waals surface area contributed by atoms with Crippen molar-refractivity contribution in [2.75, 3.05) is 37.6 Å². The maximum absolute atomic E-state index is 14.3. The molecule has 0 bridgehead atoms. The van der Waals surface area contributed by atoms with Gasteiger partial charge in [-0.15, -0.1) is 11.3 Å². The van der Waals surface area contributed by atoms with Crippen molar-refractivity contribution >= 4 is 39.0 Å². The number of hydrogen-bond acceptors (Lipinski definition) is 6. The molecule has 2 aliphatic rings. The second kappa shape index (κ2) is 9.50. The molecule has 4 rings (SSSR count). The third-order valence-electron chi connectivity index (χ3n) is 6.10. The van der Waals surface area contributed by atoms with Gasteiger partial charge in [0, 0.05) is 49.2 Å². The lowest BCUT2D eigenvalue weighted by atomic mass is 10.0. The molecule has 3 heterocycles. The summed E-state index contributed by atoms with van der Waals surface area (Å²) in [6.07, 6.45) is 0.938. The lowest BCUT2D eigenvalue weighted by Gasteiger charge is -2.38. The zero-order valence-corrected chi connectivity index (χ0v) is 20.5. The molecule has 3 atom stereocenters. The second-order valence-corrected chi connectivity index (χ2v) is 11.2. The lowest BCUT2D eigenvalue weighted by Crippen LogP contribution is -2.51. The molecule has 2 aromatic heterocycles. The summed E-state index contributed by atoms with van der Waals surface area (Å²) < 4.78 is 15.3. The Morgan fingerprint density at radius 2 is 2.03 bits per heavy atom. The molecule has 1 aliphatic carbocycles. The molecule has 0 radical (unpaired) electrons. The number of nitrogens with zero attached hydrogens (tertiary/aromatic N) is 4. The van der Waals surface area contributed by atoms with Crippen LogP contribution in [0.4, 0.5) is 10.2 Å². The van der Waals surface area contributed by atoms with Crippen LogP contribution in [0.3, 0.4) is 0 Å². The van der Waals surface area contributed by atoms with E-state index in [4.69, 9.17) is 0 Å². The molecule has 1 N–H and O–H groups in total. The van der Waals surface area contributed by atoms with E-state index in [1.807, 2.05) is 24.0 Å². The van der Waals surface area contributed by atoms with Crippen molar-refractivity contribution in [3.8, 4) is 0 Å². The van der Waals surface area contributed by atoms with Crippen LogP contribution in [-0.2, 0) is 4.79 Å². The van der Waals surface area contributed by atoms with E-state index in [2.05, 4.69) is 50.0 Å². The van der Waals surface area contributed by atoms with E-state index >= 15 is 0 Å². The van der Waals surface area contributed by atoms with Crippen molar-refractivity contribution in [2.45, 2.75) is 51.2 Å². The van der Waals surface area contributed by atoms with Gasteiger partial charge in [0.05, 0.1) is 15.4 Å². The minimum absolute atomic E-state index is 0.115. The molecule has 1 saturated heterocycles. The number of amides is 1. The van der Waals surface area contributed by atoms with Crippen LogP contribution >= 0.6 is 27.3 Å². The number of thiophene rings is 1. The number of aromatic nitrogens is 2. The summed E-state index contributed by atoms with van der Waals surface area (Å²) in [6.45, 7) is 9.50. The minimum atomic E-state index is -1.01. The van der Waals surface area contributed by atoms with Crippen LogP contribution in [0.1, 0.15) is 61.3 Å². The number of halogens is 2. The zero-order chi connectivity index (χ0) is 22.1. The Morgan fingerprint density at radius 3 is 2.68 bits per heavy atom. The zero-order valence-electron chi connectivity index (χ0n) is 18.1. The number of rotatable bonds is 6. The maximum atomic E-state index is 14.3. The maximum Gasteiger partial charge on any atom is 0.232 e. The molecular formula is C22H29BrFN5OS. The largest absolute Gasteiger partial charge is 0.353 e. The summed E-state index contributed by atoms with van der Waals surface area (Å²) in [7, 11) is 0. The summed E-state index contributed by atoms with van der Waals surface area (Å²) >= 11 is 5.14. The van der Waals surface area contributed by atoms with Crippen LogP contribution in [-0.4, -0.2) is 59.5 Å². The van der Waals surface area contributed by atoms with Gasteiger partial charge in [-0.25, -0.2) is 14.4 Å². The Hall–Kier alpha value is -1.58. The molecular weight excluding hydrogens is 481 g/mol. The van der Waals surface area contributed by atoms with E-state index in [1.54, 1.807) is 11.3 Å². The van der Waals surface area contributed by atoms with Crippen LogP contribution in [0.2, 0.25) is 0 Å². The molecule has 9 heteroatoms. The molecule has 1 unspecified atom stereocenters. The van der Waals surface area contributed by atoms with Gasteiger partial charge >= 0.3 is 0 Å². The first-order valence-corrected chi connectivity index (χ1v) is 12.5. The Bertz CT molecular complexity index is 930. The Morgan fingerprint density at radius 1 is 1.29 bits per heavy atom. The van der Waals surface area contributed by atoms with Gasteiger partial charge in [0.1, 0.15) is 18.3 Å². The third-order valence-corrected chi connectivity index (χ3v) is 7.84. The molecule has 31 heavy (non-hydrogen) atoms. The monoisotopic (exact) mass is 509 g/mol. The Kier molecular flexibility index (Phi) is 6.93. The van der Waals surface area contributed by atoms with Crippen LogP contribution < -0.4 is 10.2 Å². The van der Waals surface area contributed by atoms with Crippen LogP contribution in [0.25, 0.3) is 0 Å². The van der Waals surface area contributed by atoms with Gasteiger partial charge in [0.2, 0.25) is 5.91 Å². The number of hydrogen-bond donors (Lipinski definition) is 1. The number of alkyl halides is 1. The van der Waals surface area contributed by atoms with E-state index in [1.165, 1.54) is 6.33 Å². The van der Waals surface area contributed by atoms with E-state index < -0.39 is 6.17 Å². The van der Waals surface area contributed by atoms with Gasteiger partial charge < -0.3 is 15.1 Å². The number of piperazine rings is 1. The molecule has 1 aliphatic heterocycles. The van der Waals surface area contributed by atoms with E-state index in [0.717, 1.165) is 20.0 Å². The van der Waals surface area contributed by atoms with Crippen LogP contribution in [0, 0.1) is 0 Å². The van der Waals surface area contributed by atoms with Gasteiger partial charge in [-0.2, -0.15) is 0 Å². The Labute approximate surface area is 195 Å². The first-order valence-electron chi connectivity index (χ1n) is 10.9. The third kappa shape index (κ3) is 4.78. The second-order valence-electron chi connectivity index (χ2n) is 8.67. The topological polar surface area (TPSA) is 61.4 Å². The Balaban J connectivity index is 1.46. The first-order chi connectivity index (χ1) is 14.8. The predicted octanol–water partition coefficient (Wildman–Crippen LogP) is 4.25. The number of nitrogens with one attached hydrogen (secondary N) is 1. The average Bonchev–Trinajstić information content (AvgIpc) is 3.31. The number of anilines is 1. The highest BCUT2D eigenvalue weighted by Crippen LogP contribution is 2.44. The van der Waals surface area contributed by atoms with Gasteiger partial charge in [0.25, 0.3) is 0 Å². The molecule has 0 spiro atoms. The van der Waals surface area contributed by atoms with Crippen LogP contribution in [0.5, 0.6) is 0 Å². The number of carbonyl (C=O) groups excluding carboxylic acids is 1. The normalized spacial score (nSPS) is 22.1. The van der Waals surface area contributed by atoms with E-state index in [-0.39, 0.29) is 17.7 Å². The fourth-order valence-corrected chi connectivity index (χ4v) is 5.97. The molecule has 168 valence electrons. The smallest absolute Gasteiger partial charge is 0.232 e. The van der Waals surface area contributed by atoms with Crippen molar-refractivity contribution in [1.29, 1.82) is 0 Å². The first kappa shape index (κ1) is 22.6. The molecule has 1 amide bonds. The van der Waals surface area contributed by atoms with Gasteiger partial charge in [-0.1, -0.05) is 20.8 Å². The summed E-state index contributed by atoms with van der Waals surface area (Å²) in [5, 5.41) is 3.43. The van der Waals surface area contributed by atoms with Crippen molar-refractivity contribution in [3.63, 3.8) is 0 Å². The summed E-state index contributed by atoms with van der Waals surface area (Å²) in [5.41, 5.74) is 1.48. The minimum Gasteiger partial charge on any atom is -0.353 e. The van der Waals surface area contributed by atoms with E-state index in [9.17, 15) is 9.18 Å². The van der Waals surface area contributed by atoms with Crippen molar-refractivity contribution < 1.29 is 9.18 Å². The standard InChI is InChI=1S/C22H29BrFN5OS/c1-13(2)25-11-15(17-4-5-18(23)31-17)22(30)29-8-6-28(7-9-29)21-19-14(3)10-16(24)20(19)26-12-27-21/h4-5,12-16,25H,6-11H2,1-3H3/t14-,15?,16+/m1/s1. The molecule has 6 nitrogen and oxygen atoms in total. The molecule has 2 aromatic rings. The number of carbonyl (C=O) groups is 1. The van der Waals surface area contributed by atoms with Crippen molar-refractivity contribution in [2.24, 2.45) is 0 Å². The fourth-order valence-electron chi connectivity index (χ4n) is 4.45. The fraction of sp³-hybridized carbons (Fsp3) is 0.591. The van der Waals surface area contributed by atoms with Crippen molar-refractivity contribution in [3.05, 3.63) is 38.4 Å². The average molecular weight is 510 g/mol. The highest BCUT2D eigenvalue weighted by Gasteiger charge is 2.36.